The number of halogens is 1. The van der Waals surface area contributed by atoms with Crippen LogP contribution >= 0.6 is 11.6 Å². The molecule has 0 radical (unpaired) electrons. The number of nitrogens with one attached hydrogen (secondary N) is 2. The molecule has 9 nitrogen and oxygen atoms in total. The summed E-state index contributed by atoms with van der Waals surface area (Å²) in [4.78, 5) is 17.8. The van der Waals surface area contributed by atoms with Crippen LogP contribution in [0.5, 0.6) is 11.5 Å². The van der Waals surface area contributed by atoms with Gasteiger partial charge in [0.25, 0.3) is 5.91 Å². The molecule has 3 aromatic carbocycles. The number of aromatic nitrogens is 4. The van der Waals surface area contributed by atoms with Crippen molar-refractivity contribution in [3.05, 3.63) is 123 Å². The minimum absolute atomic E-state index is 0.168. The highest BCUT2D eigenvalue weighted by Crippen LogP contribution is 2.33. The number of benzene rings is 3. The van der Waals surface area contributed by atoms with Gasteiger partial charge < -0.3 is 15.4 Å². The molecule has 10 heteroatoms. The summed E-state index contributed by atoms with van der Waals surface area (Å²) in [6.45, 7) is 6.64. The van der Waals surface area contributed by atoms with E-state index < -0.39 is 0 Å². The lowest BCUT2D eigenvalue weighted by Gasteiger charge is -2.16. The quantitative estimate of drug-likeness (QED) is 0.202. The highest BCUT2D eigenvalue weighted by atomic mass is 35.5. The summed E-state index contributed by atoms with van der Waals surface area (Å²) in [5, 5.41) is 24.2. The summed E-state index contributed by atoms with van der Waals surface area (Å²) in [6, 6.07) is 22.4. The molecule has 0 spiro atoms. The van der Waals surface area contributed by atoms with Gasteiger partial charge in [-0.05, 0) is 73.9 Å². The molecule has 0 aliphatic rings. The van der Waals surface area contributed by atoms with Crippen LogP contribution in [0, 0.1) is 32.1 Å². The van der Waals surface area contributed by atoms with Crippen molar-refractivity contribution >= 4 is 29.0 Å². The Labute approximate surface area is 248 Å². The van der Waals surface area contributed by atoms with E-state index in [0.29, 0.717) is 40.1 Å². The van der Waals surface area contributed by atoms with Gasteiger partial charge >= 0.3 is 0 Å². The Balaban J connectivity index is 1.36. The van der Waals surface area contributed by atoms with Gasteiger partial charge in [-0.2, -0.15) is 5.26 Å². The van der Waals surface area contributed by atoms with Crippen molar-refractivity contribution in [2.75, 3.05) is 5.32 Å². The van der Waals surface area contributed by atoms with Crippen molar-refractivity contribution in [2.45, 2.75) is 33.9 Å². The smallest absolute Gasteiger partial charge is 0.256 e. The molecule has 2 N–H and O–H groups in total. The number of carbonyl (C=O) groups excluding carboxylic acids is 1. The average Bonchev–Trinajstić information content (AvgIpc) is 3.41. The molecular weight excluding hydrogens is 550 g/mol. The predicted octanol–water partition coefficient (Wildman–Crippen LogP) is 6.64. The molecule has 2 aromatic heterocycles. The summed E-state index contributed by atoms with van der Waals surface area (Å²) < 4.78 is 8.06. The summed E-state index contributed by atoms with van der Waals surface area (Å²) >= 11 is 6.09. The molecular formula is C32H28ClN7O2. The Morgan fingerprint density at radius 3 is 2.52 bits per heavy atom. The highest BCUT2D eigenvalue weighted by Gasteiger charge is 2.18. The third kappa shape index (κ3) is 6.92. The van der Waals surface area contributed by atoms with Crippen LogP contribution in [-0.4, -0.2) is 25.9 Å². The minimum atomic E-state index is -0.366. The van der Waals surface area contributed by atoms with Crippen LogP contribution < -0.4 is 15.4 Å². The zero-order valence-electron chi connectivity index (χ0n) is 23.4. The zero-order valence-corrected chi connectivity index (χ0v) is 24.1. The molecule has 0 bridgehead atoms. The summed E-state index contributed by atoms with van der Waals surface area (Å²) in [6.07, 6.45) is 3.26. The maximum atomic E-state index is 13.4. The van der Waals surface area contributed by atoms with Gasteiger partial charge in [0.2, 0.25) is 0 Å². The van der Waals surface area contributed by atoms with Gasteiger partial charge in [-0.3, -0.25) is 4.79 Å². The van der Waals surface area contributed by atoms with E-state index in [1.807, 2.05) is 57.2 Å². The second-order valence-electron chi connectivity index (χ2n) is 9.93. The fourth-order valence-corrected chi connectivity index (χ4v) is 4.77. The van der Waals surface area contributed by atoms with Crippen molar-refractivity contribution in [1.29, 1.82) is 5.26 Å². The maximum Gasteiger partial charge on any atom is 0.256 e. The van der Waals surface area contributed by atoms with Crippen LogP contribution in [0.15, 0.2) is 79.1 Å². The second kappa shape index (κ2) is 12.5. The van der Waals surface area contributed by atoms with Crippen molar-refractivity contribution < 1.29 is 9.53 Å². The van der Waals surface area contributed by atoms with E-state index in [0.717, 1.165) is 27.9 Å². The summed E-state index contributed by atoms with van der Waals surface area (Å²) in [5.74, 6) is 1.14. The Kier molecular flexibility index (Phi) is 8.46. The number of nitrogens with zero attached hydrogens (tertiary/aromatic N) is 5. The monoisotopic (exact) mass is 577 g/mol. The molecule has 0 saturated carbocycles. The molecule has 5 rings (SSSR count). The van der Waals surface area contributed by atoms with E-state index in [1.165, 1.54) is 6.20 Å². The van der Waals surface area contributed by atoms with Crippen LogP contribution in [0.4, 0.5) is 11.5 Å². The van der Waals surface area contributed by atoms with Crippen LogP contribution in [0.2, 0.25) is 5.02 Å². The first-order valence-electron chi connectivity index (χ1n) is 13.2. The minimum Gasteiger partial charge on any atom is -0.456 e. The first-order valence-corrected chi connectivity index (χ1v) is 13.6. The van der Waals surface area contributed by atoms with Gasteiger partial charge in [0.05, 0.1) is 30.9 Å². The number of nitriles is 1. The van der Waals surface area contributed by atoms with Gasteiger partial charge in [0.1, 0.15) is 28.6 Å². The number of pyridine rings is 1. The van der Waals surface area contributed by atoms with Crippen LogP contribution in [0.3, 0.4) is 0 Å². The van der Waals surface area contributed by atoms with Crippen molar-refractivity contribution in [2.24, 2.45) is 0 Å². The predicted molar refractivity (Wildman–Crippen MR) is 161 cm³/mol. The molecule has 0 atom stereocenters. The highest BCUT2D eigenvalue weighted by molar-refractivity contribution is 6.30. The number of hydrogen-bond donors (Lipinski definition) is 2. The van der Waals surface area contributed by atoms with Gasteiger partial charge in [-0.25, -0.2) is 9.67 Å². The zero-order chi connectivity index (χ0) is 29.6. The van der Waals surface area contributed by atoms with Crippen molar-refractivity contribution in [3.8, 4) is 17.6 Å². The third-order valence-electron chi connectivity index (χ3n) is 6.46. The van der Waals surface area contributed by atoms with Gasteiger partial charge in [-0.15, -0.1) is 5.10 Å². The Hall–Kier alpha value is -5.20. The molecule has 0 aliphatic heterocycles. The number of anilines is 2. The molecule has 0 unspecified atom stereocenters. The van der Waals surface area contributed by atoms with Gasteiger partial charge in [-0.1, -0.05) is 46.6 Å². The molecule has 0 saturated heterocycles. The Morgan fingerprint density at radius 1 is 1.05 bits per heavy atom. The van der Waals surface area contributed by atoms with E-state index in [2.05, 4.69) is 32.0 Å². The number of aryl methyl sites for hydroxylation is 3. The molecule has 2 heterocycles. The number of ether oxygens (including phenoxy) is 1. The Morgan fingerprint density at radius 2 is 1.81 bits per heavy atom. The molecule has 210 valence electrons. The van der Waals surface area contributed by atoms with Gasteiger partial charge in [0, 0.05) is 23.0 Å². The first-order chi connectivity index (χ1) is 20.3. The second-order valence-corrected chi connectivity index (χ2v) is 10.4. The van der Waals surface area contributed by atoms with E-state index >= 15 is 0 Å². The maximum absolute atomic E-state index is 13.4. The number of carbonyl (C=O) groups is 1. The lowest BCUT2D eigenvalue weighted by atomic mass is 10.1. The normalized spacial score (nSPS) is 10.6. The fourth-order valence-electron chi connectivity index (χ4n) is 4.56. The lowest BCUT2D eigenvalue weighted by Crippen LogP contribution is -2.24. The molecule has 0 fully saturated rings. The standard InChI is InChI=1S/C32H28ClN7O2/c1-20-11-21(2)31(22(3)12-20)42-29-14-30(37-26-9-7-23(15-34)8-10-26)35-17-28(29)32(41)36-16-27-19-40(39-38-27)18-24-5-4-6-25(33)13-24/h4-14,17,19H,16,18H2,1-3H3,(H,35,37)(H,36,41). The SMILES string of the molecule is Cc1cc(C)c(Oc2cc(Nc3ccc(C#N)cc3)ncc2C(=O)NCc2cn(Cc3cccc(Cl)c3)nn2)c(C)c1. The molecule has 42 heavy (non-hydrogen) atoms. The van der Waals surface area contributed by atoms with Crippen molar-refractivity contribution in [1.82, 2.24) is 25.3 Å². The van der Waals surface area contributed by atoms with E-state index in [9.17, 15) is 4.79 Å². The first kappa shape index (κ1) is 28.3. The number of rotatable bonds is 9. The van der Waals surface area contributed by atoms with E-state index in [4.69, 9.17) is 21.6 Å². The van der Waals surface area contributed by atoms with Crippen LogP contribution in [0.25, 0.3) is 0 Å². The Bertz CT molecular complexity index is 1770. The number of amides is 1. The molecule has 5 aromatic rings. The van der Waals surface area contributed by atoms with Crippen LogP contribution in [0.1, 0.15) is 43.9 Å². The topological polar surface area (TPSA) is 118 Å². The fraction of sp³-hybridized carbons (Fsp3) is 0.156. The lowest BCUT2D eigenvalue weighted by molar-refractivity contribution is 0.0947. The third-order valence-corrected chi connectivity index (χ3v) is 6.70. The molecule has 1 amide bonds. The van der Waals surface area contributed by atoms with Crippen molar-refractivity contribution in [3.63, 3.8) is 0 Å². The summed E-state index contributed by atoms with van der Waals surface area (Å²) in [5.41, 5.74) is 6.19. The van der Waals surface area contributed by atoms with Crippen LogP contribution in [-0.2, 0) is 13.1 Å². The molecule has 0 aliphatic carbocycles. The summed E-state index contributed by atoms with van der Waals surface area (Å²) in [7, 11) is 0. The van der Waals surface area contributed by atoms with E-state index in [-0.39, 0.29) is 18.0 Å². The average molecular weight is 578 g/mol. The number of hydrogen-bond acceptors (Lipinski definition) is 7. The van der Waals surface area contributed by atoms with E-state index in [1.54, 1.807) is 41.2 Å². The largest absolute Gasteiger partial charge is 0.456 e. The van der Waals surface area contributed by atoms with Gasteiger partial charge in [0.15, 0.2) is 0 Å².